The molecule has 3 rings (SSSR count). The summed E-state index contributed by atoms with van der Waals surface area (Å²) in [6.07, 6.45) is 0. The molecule has 0 aliphatic carbocycles. The molecule has 0 heterocycles. The van der Waals surface area contributed by atoms with Crippen molar-refractivity contribution in [3.63, 3.8) is 0 Å². The van der Waals surface area contributed by atoms with Crippen LogP contribution in [0.25, 0.3) is 10.8 Å². The van der Waals surface area contributed by atoms with Crippen LogP contribution in [0, 0.1) is 0 Å². The first-order valence-corrected chi connectivity index (χ1v) is 10.3. The molecule has 0 aromatic heterocycles. The molecule has 0 atom stereocenters. The van der Waals surface area contributed by atoms with Crippen LogP contribution >= 0.6 is 0 Å². The van der Waals surface area contributed by atoms with Crippen molar-refractivity contribution < 1.29 is 27.4 Å². The smallest absolute Gasteiger partial charge is 0.240 e. The molecule has 1 N–H and O–H groups in total. The van der Waals surface area contributed by atoms with E-state index in [0.29, 0.717) is 28.6 Å². The minimum absolute atomic E-state index is 0.0691. The second kappa shape index (κ2) is 8.59. The molecule has 7 nitrogen and oxygen atoms in total. The molecule has 0 aliphatic rings. The van der Waals surface area contributed by atoms with Crippen LogP contribution in [-0.4, -0.2) is 36.9 Å². The zero-order chi connectivity index (χ0) is 21.0. The van der Waals surface area contributed by atoms with Crippen LogP contribution in [0.5, 0.6) is 23.0 Å². The van der Waals surface area contributed by atoms with Gasteiger partial charge in [0, 0.05) is 6.54 Å². The van der Waals surface area contributed by atoms with E-state index in [0.717, 1.165) is 10.8 Å². The summed E-state index contributed by atoms with van der Waals surface area (Å²) in [6, 6.07) is 13.8. The number of methoxy groups -OCH3 is 4. The average molecular weight is 417 g/mol. The predicted molar refractivity (Wildman–Crippen MR) is 111 cm³/mol. The van der Waals surface area contributed by atoms with Crippen molar-refractivity contribution in [3.05, 3.63) is 54.1 Å². The second-order valence-electron chi connectivity index (χ2n) is 6.23. The maximum atomic E-state index is 12.8. The van der Waals surface area contributed by atoms with E-state index in [1.807, 2.05) is 12.1 Å². The Morgan fingerprint density at radius 1 is 0.759 bits per heavy atom. The molecule has 154 valence electrons. The van der Waals surface area contributed by atoms with Gasteiger partial charge in [-0.05, 0) is 52.7 Å². The molecule has 0 aliphatic heterocycles. The van der Waals surface area contributed by atoms with E-state index in [1.54, 1.807) is 43.5 Å². The van der Waals surface area contributed by atoms with E-state index in [2.05, 4.69) is 4.72 Å². The molecule has 0 spiro atoms. The highest BCUT2D eigenvalue weighted by Crippen LogP contribution is 2.38. The van der Waals surface area contributed by atoms with E-state index < -0.39 is 10.0 Å². The van der Waals surface area contributed by atoms with Crippen LogP contribution in [0.1, 0.15) is 5.56 Å². The summed E-state index contributed by atoms with van der Waals surface area (Å²) < 4.78 is 49.3. The third-order valence-electron chi connectivity index (χ3n) is 4.52. The van der Waals surface area contributed by atoms with Crippen molar-refractivity contribution in [2.45, 2.75) is 11.4 Å². The molecule has 0 saturated heterocycles. The Balaban J connectivity index is 1.85. The molecule has 3 aromatic carbocycles. The fourth-order valence-corrected chi connectivity index (χ4v) is 4.05. The normalized spacial score (nSPS) is 11.3. The maximum Gasteiger partial charge on any atom is 0.240 e. The highest BCUT2D eigenvalue weighted by Gasteiger charge is 2.17. The first kappa shape index (κ1) is 20.8. The summed E-state index contributed by atoms with van der Waals surface area (Å²) in [6.45, 7) is 0.0691. The van der Waals surface area contributed by atoms with Crippen LogP contribution < -0.4 is 23.7 Å². The first-order chi connectivity index (χ1) is 13.9. The van der Waals surface area contributed by atoms with Gasteiger partial charge in [0.25, 0.3) is 0 Å². The van der Waals surface area contributed by atoms with E-state index in [1.165, 1.54) is 21.3 Å². The average Bonchev–Trinajstić information content (AvgIpc) is 2.75. The Morgan fingerprint density at radius 2 is 1.38 bits per heavy atom. The number of nitrogens with one attached hydrogen (secondary N) is 1. The van der Waals surface area contributed by atoms with Crippen LogP contribution in [0.4, 0.5) is 0 Å². The van der Waals surface area contributed by atoms with Crippen molar-refractivity contribution in [2.24, 2.45) is 0 Å². The van der Waals surface area contributed by atoms with Crippen molar-refractivity contribution in [2.75, 3.05) is 28.4 Å². The van der Waals surface area contributed by atoms with Gasteiger partial charge in [0.2, 0.25) is 15.8 Å². The lowest BCUT2D eigenvalue weighted by Gasteiger charge is -2.14. The third-order valence-corrected chi connectivity index (χ3v) is 5.92. The van der Waals surface area contributed by atoms with Gasteiger partial charge in [0.05, 0.1) is 33.3 Å². The van der Waals surface area contributed by atoms with Gasteiger partial charge in [-0.1, -0.05) is 12.1 Å². The topological polar surface area (TPSA) is 83.1 Å². The highest BCUT2D eigenvalue weighted by molar-refractivity contribution is 7.89. The van der Waals surface area contributed by atoms with Crippen LogP contribution in [0.2, 0.25) is 0 Å². The summed E-state index contributed by atoms with van der Waals surface area (Å²) in [4.78, 5) is 0.183. The van der Waals surface area contributed by atoms with Gasteiger partial charge in [-0.15, -0.1) is 0 Å². The lowest BCUT2D eigenvalue weighted by atomic mass is 10.1. The number of sulfonamides is 1. The molecule has 0 fully saturated rings. The Hall–Kier alpha value is -2.97. The van der Waals surface area contributed by atoms with Crippen LogP contribution in [-0.2, 0) is 16.6 Å². The van der Waals surface area contributed by atoms with E-state index in [-0.39, 0.29) is 11.4 Å². The summed E-state index contributed by atoms with van der Waals surface area (Å²) in [5.41, 5.74) is 0.675. The second-order valence-corrected chi connectivity index (χ2v) is 8.00. The molecule has 0 radical (unpaired) electrons. The van der Waals surface area contributed by atoms with Gasteiger partial charge in [0.15, 0.2) is 11.5 Å². The minimum Gasteiger partial charge on any atom is -0.497 e. The summed E-state index contributed by atoms with van der Waals surface area (Å²) >= 11 is 0. The van der Waals surface area contributed by atoms with Gasteiger partial charge < -0.3 is 18.9 Å². The predicted octanol–water partition coefficient (Wildman–Crippen LogP) is 3.35. The molecular formula is C21H23NO6S. The fraction of sp³-hybridized carbons (Fsp3) is 0.238. The van der Waals surface area contributed by atoms with Gasteiger partial charge in [-0.2, -0.15) is 0 Å². The molecule has 29 heavy (non-hydrogen) atoms. The molecule has 0 bridgehead atoms. The standard InChI is InChI=1S/C21H23NO6S/c1-25-17-7-5-16-12-18(8-6-15(16)11-17)29(23,24)22-13-14-9-19(26-2)21(28-4)20(10-14)27-3/h5-12,22H,13H2,1-4H3. The molecule has 0 saturated carbocycles. The van der Waals surface area contributed by atoms with E-state index in [9.17, 15) is 8.42 Å². The number of fused-ring (bicyclic) bond motifs is 1. The lowest BCUT2D eigenvalue weighted by molar-refractivity contribution is 0.323. The maximum absolute atomic E-state index is 12.8. The summed E-state index contributed by atoms with van der Waals surface area (Å²) in [5.74, 6) is 2.08. The van der Waals surface area contributed by atoms with Crippen molar-refractivity contribution in [3.8, 4) is 23.0 Å². The third kappa shape index (κ3) is 4.38. The largest absolute Gasteiger partial charge is 0.497 e. The van der Waals surface area contributed by atoms with Crippen molar-refractivity contribution in [1.29, 1.82) is 0 Å². The highest BCUT2D eigenvalue weighted by atomic mass is 32.2. The Bertz CT molecular complexity index is 1100. The van der Waals surface area contributed by atoms with E-state index >= 15 is 0 Å². The first-order valence-electron chi connectivity index (χ1n) is 8.78. The SMILES string of the molecule is COc1ccc2cc(S(=O)(=O)NCc3cc(OC)c(OC)c(OC)c3)ccc2c1. The quantitative estimate of drug-likeness (QED) is 0.605. The van der Waals surface area contributed by atoms with Crippen molar-refractivity contribution in [1.82, 2.24) is 4.72 Å². The van der Waals surface area contributed by atoms with Gasteiger partial charge in [-0.3, -0.25) is 0 Å². The van der Waals surface area contributed by atoms with Gasteiger partial charge in [0.1, 0.15) is 5.75 Å². The molecular weight excluding hydrogens is 394 g/mol. The molecule has 0 amide bonds. The number of rotatable bonds is 8. The monoisotopic (exact) mass is 417 g/mol. The van der Waals surface area contributed by atoms with Crippen molar-refractivity contribution >= 4 is 20.8 Å². The van der Waals surface area contributed by atoms with Crippen LogP contribution in [0.15, 0.2) is 53.4 Å². The lowest BCUT2D eigenvalue weighted by Crippen LogP contribution is -2.23. The number of hydrogen-bond donors (Lipinski definition) is 1. The van der Waals surface area contributed by atoms with Crippen LogP contribution in [0.3, 0.4) is 0 Å². The Labute approximate surface area is 170 Å². The molecule has 3 aromatic rings. The molecule has 8 heteroatoms. The fourth-order valence-electron chi connectivity index (χ4n) is 3.00. The summed E-state index contributed by atoms with van der Waals surface area (Å²) in [5, 5.41) is 1.70. The number of benzene rings is 3. The zero-order valence-electron chi connectivity index (χ0n) is 16.7. The van der Waals surface area contributed by atoms with Gasteiger partial charge in [-0.25, -0.2) is 13.1 Å². The zero-order valence-corrected chi connectivity index (χ0v) is 17.5. The molecule has 0 unspecified atom stereocenters. The minimum atomic E-state index is -3.71. The number of hydrogen-bond acceptors (Lipinski definition) is 6. The Kier molecular flexibility index (Phi) is 6.14. The van der Waals surface area contributed by atoms with E-state index in [4.69, 9.17) is 18.9 Å². The summed E-state index contributed by atoms with van der Waals surface area (Å²) in [7, 11) is 2.41. The number of ether oxygens (including phenoxy) is 4. The van der Waals surface area contributed by atoms with Gasteiger partial charge >= 0.3 is 0 Å². The Morgan fingerprint density at radius 3 is 1.97 bits per heavy atom.